The van der Waals surface area contributed by atoms with Crippen molar-refractivity contribution in [1.82, 2.24) is 5.32 Å². The molecular weight excluding hydrogens is 370 g/mol. The number of anilines is 1. The monoisotopic (exact) mass is 399 g/mol. The van der Waals surface area contributed by atoms with E-state index >= 15 is 0 Å². The SMILES string of the molecule is CC(C)(C)OC(=O)NC1CCC(CCN2C(=O)COc3ccc(C#N)cc32)CC1. The van der Waals surface area contributed by atoms with E-state index < -0.39 is 5.60 Å². The lowest BCUT2D eigenvalue weighted by Crippen LogP contribution is -2.42. The van der Waals surface area contributed by atoms with Crippen LogP contribution in [0.2, 0.25) is 0 Å². The first kappa shape index (κ1) is 21.0. The Labute approximate surface area is 172 Å². The van der Waals surface area contributed by atoms with Crippen molar-refractivity contribution in [3.63, 3.8) is 0 Å². The van der Waals surface area contributed by atoms with Gasteiger partial charge >= 0.3 is 6.09 Å². The van der Waals surface area contributed by atoms with Gasteiger partial charge in [-0.05, 0) is 77.0 Å². The second-order valence-electron chi connectivity index (χ2n) is 8.78. The van der Waals surface area contributed by atoms with E-state index in [0.29, 0.717) is 29.5 Å². The van der Waals surface area contributed by atoms with E-state index in [1.165, 1.54) is 0 Å². The molecule has 1 saturated carbocycles. The zero-order valence-electron chi connectivity index (χ0n) is 17.4. The Morgan fingerprint density at radius 1 is 1.31 bits per heavy atom. The summed E-state index contributed by atoms with van der Waals surface area (Å²) in [6, 6.07) is 7.42. The summed E-state index contributed by atoms with van der Waals surface area (Å²) in [6.07, 6.45) is 4.37. The fourth-order valence-electron chi connectivity index (χ4n) is 3.90. The van der Waals surface area contributed by atoms with Gasteiger partial charge < -0.3 is 19.7 Å². The highest BCUT2D eigenvalue weighted by atomic mass is 16.6. The first-order chi connectivity index (χ1) is 13.7. The topological polar surface area (TPSA) is 91.7 Å². The zero-order chi connectivity index (χ0) is 21.0. The first-order valence-electron chi connectivity index (χ1n) is 10.2. The lowest BCUT2D eigenvalue weighted by atomic mass is 9.84. The Morgan fingerprint density at radius 3 is 2.69 bits per heavy atom. The standard InChI is InChI=1S/C22H29N3O4/c1-22(2,3)29-21(27)24-17-7-4-15(5-8-17)10-11-25-18-12-16(13-23)6-9-19(18)28-14-20(25)26/h6,9,12,15,17H,4-5,7-8,10-11,14H2,1-3H3,(H,24,27). The van der Waals surface area contributed by atoms with Crippen molar-refractivity contribution >= 4 is 17.7 Å². The molecule has 156 valence electrons. The van der Waals surface area contributed by atoms with E-state index in [2.05, 4.69) is 11.4 Å². The highest BCUT2D eigenvalue weighted by Crippen LogP contribution is 2.34. The van der Waals surface area contributed by atoms with Crippen molar-refractivity contribution in [3.05, 3.63) is 23.8 Å². The molecule has 0 bridgehead atoms. The summed E-state index contributed by atoms with van der Waals surface area (Å²) in [7, 11) is 0. The van der Waals surface area contributed by atoms with Gasteiger partial charge in [0.1, 0.15) is 11.4 Å². The molecule has 1 aliphatic carbocycles. The quantitative estimate of drug-likeness (QED) is 0.832. The molecule has 29 heavy (non-hydrogen) atoms. The number of alkyl carbamates (subject to hydrolysis) is 1. The molecule has 0 atom stereocenters. The molecule has 1 aromatic carbocycles. The lowest BCUT2D eigenvalue weighted by Gasteiger charge is -2.33. The normalized spacial score (nSPS) is 21.6. The number of ether oxygens (including phenoxy) is 2. The number of nitriles is 1. The Bertz CT molecular complexity index is 801. The van der Waals surface area contributed by atoms with Crippen molar-refractivity contribution in [1.29, 1.82) is 5.26 Å². The summed E-state index contributed by atoms with van der Waals surface area (Å²) in [5.74, 6) is 1.08. The van der Waals surface area contributed by atoms with E-state index in [9.17, 15) is 9.59 Å². The number of nitrogens with one attached hydrogen (secondary N) is 1. The number of hydrogen-bond acceptors (Lipinski definition) is 5. The van der Waals surface area contributed by atoms with Crippen LogP contribution in [0.1, 0.15) is 58.4 Å². The summed E-state index contributed by atoms with van der Waals surface area (Å²) >= 11 is 0. The van der Waals surface area contributed by atoms with Crippen LogP contribution in [0.5, 0.6) is 5.75 Å². The Morgan fingerprint density at radius 2 is 2.03 bits per heavy atom. The van der Waals surface area contributed by atoms with Crippen molar-refractivity contribution in [2.45, 2.75) is 64.5 Å². The molecule has 3 rings (SSSR count). The third-order valence-corrected chi connectivity index (χ3v) is 5.36. The Hall–Kier alpha value is -2.75. The average molecular weight is 399 g/mol. The Balaban J connectivity index is 1.50. The predicted molar refractivity (Wildman–Crippen MR) is 109 cm³/mol. The number of carbonyl (C=O) groups excluding carboxylic acids is 2. The Kier molecular flexibility index (Phi) is 6.31. The summed E-state index contributed by atoms with van der Waals surface area (Å²) in [4.78, 5) is 26.0. The molecule has 0 unspecified atom stereocenters. The third-order valence-electron chi connectivity index (χ3n) is 5.36. The van der Waals surface area contributed by atoms with Crippen molar-refractivity contribution in [3.8, 4) is 11.8 Å². The van der Waals surface area contributed by atoms with Crippen molar-refractivity contribution in [2.75, 3.05) is 18.1 Å². The van der Waals surface area contributed by atoms with Gasteiger partial charge in [-0.3, -0.25) is 4.79 Å². The van der Waals surface area contributed by atoms with Crippen LogP contribution in [0.15, 0.2) is 18.2 Å². The van der Waals surface area contributed by atoms with Crippen LogP contribution in [0.4, 0.5) is 10.5 Å². The summed E-state index contributed by atoms with van der Waals surface area (Å²) < 4.78 is 10.8. The molecule has 1 N–H and O–H groups in total. The molecular formula is C22H29N3O4. The van der Waals surface area contributed by atoms with Gasteiger partial charge in [0.05, 0.1) is 17.3 Å². The minimum Gasteiger partial charge on any atom is -0.482 e. The molecule has 1 aliphatic heterocycles. The van der Waals surface area contributed by atoms with Crippen molar-refractivity contribution < 1.29 is 19.1 Å². The fraction of sp³-hybridized carbons (Fsp3) is 0.591. The van der Waals surface area contributed by atoms with E-state index in [-0.39, 0.29) is 24.6 Å². The van der Waals surface area contributed by atoms with Crippen LogP contribution in [0, 0.1) is 17.2 Å². The molecule has 0 saturated heterocycles. The molecule has 2 amide bonds. The number of benzene rings is 1. The first-order valence-corrected chi connectivity index (χ1v) is 10.2. The zero-order valence-corrected chi connectivity index (χ0v) is 17.4. The van der Waals surface area contributed by atoms with Gasteiger partial charge in [0.25, 0.3) is 5.91 Å². The molecule has 2 aliphatic rings. The second kappa shape index (κ2) is 8.73. The summed E-state index contributed by atoms with van der Waals surface area (Å²) in [5, 5.41) is 12.1. The maximum Gasteiger partial charge on any atom is 0.407 e. The van der Waals surface area contributed by atoms with Crippen LogP contribution in [0.25, 0.3) is 0 Å². The van der Waals surface area contributed by atoms with Gasteiger partial charge in [0.2, 0.25) is 0 Å². The smallest absolute Gasteiger partial charge is 0.407 e. The summed E-state index contributed by atoms with van der Waals surface area (Å²) in [6.45, 7) is 6.21. The number of carbonyl (C=O) groups is 2. The average Bonchev–Trinajstić information content (AvgIpc) is 2.66. The molecule has 7 heteroatoms. The molecule has 1 fully saturated rings. The van der Waals surface area contributed by atoms with Crippen molar-refractivity contribution in [2.24, 2.45) is 5.92 Å². The highest BCUT2D eigenvalue weighted by Gasteiger charge is 2.28. The van der Waals surface area contributed by atoms with Crippen LogP contribution >= 0.6 is 0 Å². The molecule has 1 aromatic rings. The molecule has 0 aromatic heterocycles. The fourth-order valence-corrected chi connectivity index (χ4v) is 3.90. The number of rotatable bonds is 4. The van der Waals surface area contributed by atoms with Gasteiger partial charge in [-0.25, -0.2) is 4.79 Å². The van der Waals surface area contributed by atoms with Gasteiger partial charge in [0, 0.05) is 12.6 Å². The number of hydrogen-bond donors (Lipinski definition) is 1. The minimum absolute atomic E-state index is 0.0332. The van der Waals surface area contributed by atoms with Gasteiger partial charge in [-0.1, -0.05) is 0 Å². The van der Waals surface area contributed by atoms with Gasteiger partial charge in [0.15, 0.2) is 6.61 Å². The van der Waals surface area contributed by atoms with E-state index in [0.717, 1.165) is 32.1 Å². The van der Waals surface area contributed by atoms with E-state index in [1.807, 2.05) is 20.8 Å². The summed E-state index contributed by atoms with van der Waals surface area (Å²) in [5.41, 5.74) is 0.703. The number of nitrogens with zero attached hydrogens (tertiary/aromatic N) is 2. The van der Waals surface area contributed by atoms with E-state index in [1.54, 1.807) is 23.1 Å². The van der Waals surface area contributed by atoms with Crippen LogP contribution in [-0.4, -0.2) is 36.8 Å². The third kappa shape index (κ3) is 5.63. The van der Waals surface area contributed by atoms with Gasteiger partial charge in [-0.2, -0.15) is 5.26 Å². The van der Waals surface area contributed by atoms with Crippen LogP contribution in [0.3, 0.4) is 0 Å². The van der Waals surface area contributed by atoms with Crippen LogP contribution < -0.4 is 15.0 Å². The maximum absolute atomic E-state index is 12.4. The molecule has 0 spiro atoms. The highest BCUT2D eigenvalue weighted by molar-refractivity contribution is 5.98. The molecule has 0 radical (unpaired) electrons. The second-order valence-corrected chi connectivity index (χ2v) is 8.78. The number of amides is 2. The van der Waals surface area contributed by atoms with Crippen LogP contribution in [-0.2, 0) is 9.53 Å². The number of fused-ring (bicyclic) bond motifs is 1. The molecule has 7 nitrogen and oxygen atoms in total. The lowest BCUT2D eigenvalue weighted by molar-refractivity contribution is -0.121. The van der Waals surface area contributed by atoms with E-state index in [4.69, 9.17) is 14.7 Å². The predicted octanol–water partition coefficient (Wildman–Crippen LogP) is 3.76. The van der Waals surface area contributed by atoms with Gasteiger partial charge in [-0.15, -0.1) is 0 Å². The maximum atomic E-state index is 12.4. The minimum atomic E-state index is -0.492. The molecule has 1 heterocycles. The largest absolute Gasteiger partial charge is 0.482 e.